The van der Waals surface area contributed by atoms with Gasteiger partial charge < -0.3 is 0 Å². The SMILES string of the molecule is CCC(CC)(C(=O)CCc1ccsc1)c1ccccc1. The third-order valence-electron chi connectivity index (χ3n) is 4.29. The predicted octanol–water partition coefficient (Wildman–Crippen LogP) is 5.01. The molecule has 1 aromatic heterocycles. The van der Waals surface area contributed by atoms with E-state index < -0.39 is 0 Å². The number of benzene rings is 1. The average molecular weight is 286 g/mol. The van der Waals surface area contributed by atoms with Gasteiger partial charge in [-0.3, -0.25) is 4.79 Å². The van der Waals surface area contributed by atoms with Crippen molar-refractivity contribution in [2.24, 2.45) is 0 Å². The van der Waals surface area contributed by atoms with Gasteiger partial charge in [-0.05, 0) is 47.2 Å². The van der Waals surface area contributed by atoms with E-state index in [1.807, 2.05) is 18.2 Å². The highest BCUT2D eigenvalue weighted by molar-refractivity contribution is 7.07. The standard InChI is InChI=1S/C18H22OS/c1-3-18(4-2,16-8-6-5-7-9-16)17(19)11-10-15-12-13-20-14-15/h5-9,12-14H,3-4,10-11H2,1-2H3. The van der Waals surface area contributed by atoms with Crippen LogP contribution in [0.4, 0.5) is 0 Å². The van der Waals surface area contributed by atoms with E-state index in [9.17, 15) is 4.79 Å². The smallest absolute Gasteiger partial charge is 0.143 e. The minimum atomic E-state index is -0.308. The van der Waals surface area contributed by atoms with E-state index in [4.69, 9.17) is 0 Å². The van der Waals surface area contributed by atoms with Crippen LogP contribution in [0.3, 0.4) is 0 Å². The number of carbonyl (C=O) groups excluding carboxylic acids is 1. The molecule has 1 heterocycles. The summed E-state index contributed by atoms with van der Waals surface area (Å²) in [6, 6.07) is 12.4. The monoisotopic (exact) mass is 286 g/mol. The molecule has 106 valence electrons. The molecule has 0 aliphatic carbocycles. The fraction of sp³-hybridized carbons (Fsp3) is 0.389. The van der Waals surface area contributed by atoms with Crippen LogP contribution in [-0.2, 0) is 16.6 Å². The van der Waals surface area contributed by atoms with Crippen molar-refractivity contribution in [3.63, 3.8) is 0 Å². The molecule has 0 atom stereocenters. The molecule has 0 N–H and O–H groups in total. The van der Waals surface area contributed by atoms with E-state index in [1.54, 1.807) is 11.3 Å². The van der Waals surface area contributed by atoms with Gasteiger partial charge in [0.25, 0.3) is 0 Å². The van der Waals surface area contributed by atoms with Crippen LogP contribution >= 0.6 is 11.3 Å². The van der Waals surface area contributed by atoms with Crippen LogP contribution in [0.25, 0.3) is 0 Å². The Bertz CT molecular complexity index is 524. The molecule has 0 fully saturated rings. The summed E-state index contributed by atoms with van der Waals surface area (Å²) >= 11 is 1.70. The van der Waals surface area contributed by atoms with Crippen LogP contribution in [0.5, 0.6) is 0 Å². The molecule has 0 aliphatic rings. The first kappa shape index (κ1) is 15.0. The zero-order valence-corrected chi connectivity index (χ0v) is 13.1. The summed E-state index contributed by atoms with van der Waals surface area (Å²) in [6.07, 6.45) is 3.23. The summed E-state index contributed by atoms with van der Waals surface area (Å²) in [4.78, 5) is 12.8. The Labute approximate surface area is 125 Å². The van der Waals surface area contributed by atoms with Crippen molar-refractivity contribution in [2.75, 3.05) is 0 Å². The Kier molecular flexibility index (Phi) is 5.13. The molecule has 0 unspecified atom stereocenters. The normalized spacial score (nSPS) is 11.5. The van der Waals surface area contributed by atoms with E-state index in [0.29, 0.717) is 12.2 Å². The second-order valence-corrected chi connectivity index (χ2v) is 5.99. The number of Topliss-reactive ketones (excluding diaryl/α,β-unsaturated/α-hetero) is 1. The summed E-state index contributed by atoms with van der Waals surface area (Å²) in [7, 11) is 0. The average Bonchev–Trinajstić information content (AvgIpc) is 3.01. The van der Waals surface area contributed by atoms with Crippen LogP contribution in [0.15, 0.2) is 47.2 Å². The van der Waals surface area contributed by atoms with Gasteiger partial charge in [0.15, 0.2) is 0 Å². The van der Waals surface area contributed by atoms with Gasteiger partial charge in [-0.15, -0.1) is 0 Å². The van der Waals surface area contributed by atoms with E-state index >= 15 is 0 Å². The highest BCUT2D eigenvalue weighted by atomic mass is 32.1. The van der Waals surface area contributed by atoms with Gasteiger partial charge in [0, 0.05) is 6.42 Å². The maximum Gasteiger partial charge on any atom is 0.143 e. The zero-order chi connectivity index (χ0) is 14.4. The summed E-state index contributed by atoms with van der Waals surface area (Å²) < 4.78 is 0. The molecule has 2 heteroatoms. The molecule has 1 aromatic carbocycles. The lowest BCUT2D eigenvalue weighted by Gasteiger charge is -2.31. The Balaban J connectivity index is 2.17. The molecule has 20 heavy (non-hydrogen) atoms. The fourth-order valence-corrected chi connectivity index (χ4v) is 3.61. The number of ketones is 1. The van der Waals surface area contributed by atoms with Gasteiger partial charge in [-0.1, -0.05) is 44.2 Å². The third kappa shape index (κ3) is 3.01. The predicted molar refractivity (Wildman–Crippen MR) is 86.3 cm³/mol. The number of thiophene rings is 1. The summed E-state index contributed by atoms with van der Waals surface area (Å²) in [5.74, 6) is 0.375. The maximum atomic E-state index is 12.8. The summed E-state index contributed by atoms with van der Waals surface area (Å²) in [6.45, 7) is 4.25. The van der Waals surface area contributed by atoms with Crippen molar-refractivity contribution in [1.29, 1.82) is 0 Å². The third-order valence-corrected chi connectivity index (χ3v) is 5.02. The van der Waals surface area contributed by atoms with Crippen molar-refractivity contribution in [2.45, 2.75) is 44.9 Å². The van der Waals surface area contributed by atoms with Crippen LogP contribution in [0, 0.1) is 0 Å². The Hall–Kier alpha value is -1.41. The van der Waals surface area contributed by atoms with Gasteiger partial charge in [-0.2, -0.15) is 11.3 Å². The van der Waals surface area contributed by atoms with E-state index in [0.717, 1.165) is 19.3 Å². The number of carbonyl (C=O) groups is 1. The molecule has 0 saturated heterocycles. The van der Waals surface area contributed by atoms with Crippen molar-refractivity contribution in [3.8, 4) is 0 Å². The molecule has 0 saturated carbocycles. The first-order valence-electron chi connectivity index (χ1n) is 7.33. The van der Waals surface area contributed by atoms with Crippen molar-refractivity contribution in [3.05, 3.63) is 58.3 Å². The minimum absolute atomic E-state index is 0.308. The maximum absolute atomic E-state index is 12.8. The first-order valence-corrected chi connectivity index (χ1v) is 8.27. The summed E-state index contributed by atoms with van der Waals surface area (Å²) in [5.41, 5.74) is 2.13. The molecule has 1 nitrogen and oxygen atoms in total. The highest BCUT2D eigenvalue weighted by Crippen LogP contribution is 2.34. The van der Waals surface area contributed by atoms with Gasteiger partial charge in [0.05, 0.1) is 5.41 Å². The van der Waals surface area contributed by atoms with Gasteiger partial charge in [-0.25, -0.2) is 0 Å². The molecule has 2 rings (SSSR count). The largest absolute Gasteiger partial charge is 0.299 e. The van der Waals surface area contributed by atoms with Crippen LogP contribution in [-0.4, -0.2) is 5.78 Å². The van der Waals surface area contributed by atoms with Crippen LogP contribution < -0.4 is 0 Å². The van der Waals surface area contributed by atoms with Crippen LogP contribution in [0.1, 0.15) is 44.2 Å². The highest BCUT2D eigenvalue weighted by Gasteiger charge is 2.35. The molecule has 0 radical (unpaired) electrons. The fourth-order valence-electron chi connectivity index (χ4n) is 2.90. The molecular formula is C18H22OS. The lowest BCUT2D eigenvalue weighted by atomic mass is 9.71. The van der Waals surface area contributed by atoms with Crippen molar-refractivity contribution < 1.29 is 4.79 Å². The number of rotatable bonds is 7. The zero-order valence-electron chi connectivity index (χ0n) is 12.3. The number of hydrogen-bond donors (Lipinski definition) is 0. The van der Waals surface area contributed by atoms with Gasteiger partial charge >= 0.3 is 0 Å². The van der Waals surface area contributed by atoms with Crippen LogP contribution in [0.2, 0.25) is 0 Å². The molecule has 0 spiro atoms. The van der Waals surface area contributed by atoms with E-state index in [-0.39, 0.29) is 5.41 Å². The van der Waals surface area contributed by atoms with Crippen molar-refractivity contribution >= 4 is 17.1 Å². The lowest BCUT2D eigenvalue weighted by molar-refractivity contribution is -0.124. The van der Waals surface area contributed by atoms with E-state index in [2.05, 4.69) is 42.8 Å². The van der Waals surface area contributed by atoms with Gasteiger partial charge in [0.1, 0.15) is 5.78 Å². The van der Waals surface area contributed by atoms with Gasteiger partial charge in [0.2, 0.25) is 0 Å². The quantitative estimate of drug-likeness (QED) is 0.699. The number of hydrogen-bond acceptors (Lipinski definition) is 2. The molecule has 2 aromatic rings. The lowest BCUT2D eigenvalue weighted by Crippen LogP contribution is -2.35. The summed E-state index contributed by atoms with van der Waals surface area (Å²) in [5, 5.41) is 4.21. The van der Waals surface area contributed by atoms with Crippen molar-refractivity contribution in [1.82, 2.24) is 0 Å². The first-order chi connectivity index (χ1) is 9.73. The Morgan fingerprint density at radius 2 is 1.80 bits per heavy atom. The van der Waals surface area contributed by atoms with E-state index in [1.165, 1.54) is 11.1 Å². The molecule has 0 amide bonds. The second kappa shape index (κ2) is 6.85. The Morgan fingerprint density at radius 3 is 2.35 bits per heavy atom. The number of aryl methyl sites for hydroxylation is 1. The second-order valence-electron chi connectivity index (χ2n) is 5.21. The molecular weight excluding hydrogens is 264 g/mol. The Morgan fingerprint density at radius 1 is 1.10 bits per heavy atom. The minimum Gasteiger partial charge on any atom is -0.299 e. The molecule has 0 aliphatic heterocycles. The topological polar surface area (TPSA) is 17.1 Å². The molecule has 0 bridgehead atoms.